The number of methoxy groups -OCH3 is 2. The fourth-order valence-electron chi connectivity index (χ4n) is 3.98. The van der Waals surface area contributed by atoms with Gasteiger partial charge in [-0.1, -0.05) is 6.42 Å². The number of carbonyl (C=O) groups excluding carboxylic acids is 1. The Balaban J connectivity index is 1.47. The predicted molar refractivity (Wildman–Crippen MR) is 132 cm³/mol. The van der Waals surface area contributed by atoms with Crippen LogP contribution in [0, 0.1) is 0 Å². The number of rotatable bonds is 7. The SMILES string of the molecule is COc1ccc(-c2csc(NC(=O)c3ccc(S(=O)(=O)N4CCCCC4C)cc3)n2)c(OC)c1. The van der Waals surface area contributed by atoms with E-state index in [1.807, 2.05) is 24.4 Å². The summed E-state index contributed by atoms with van der Waals surface area (Å²) >= 11 is 1.29. The van der Waals surface area contributed by atoms with E-state index in [0.29, 0.717) is 34.4 Å². The monoisotopic (exact) mass is 501 g/mol. The molecule has 0 radical (unpaired) electrons. The molecule has 1 atom stereocenters. The van der Waals surface area contributed by atoms with Gasteiger partial charge in [-0.25, -0.2) is 13.4 Å². The molecule has 1 aliphatic rings. The molecule has 1 saturated heterocycles. The van der Waals surface area contributed by atoms with Gasteiger partial charge in [-0.2, -0.15) is 4.31 Å². The van der Waals surface area contributed by atoms with Crippen LogP contribution in [0.5, 0.6) is 11.5 Å². The maximum atomic E-state index is 13.0. The zero-order valence-corrected chi connectivity index (χ0v) is 20.9. The van der Waals surface area contributed by atoms with Crippen molar-refractivity contribution < 1.29 is 22.7 Å². The first-order valence-electron chi connectivity index (χ1n) is 10.9. The Kier molecular flexibility index (Phi) is 7.20. The van der Waals surface area contributed by atoms with Crippen molar-refractivity contribution >= 4 is 32.4 Å². The van der Waals surface area contributed by atoms with Crippen LogP contribution >= 0.6 is 11.3 Å². The number of nitrogens with one attached hydrogen (secondary N) is 1. The third-order valence-corrected chi connectivity index (χ3v) is 8.66. The number of aromatic nitrogens is 1. The molecular formula is C24H27N3O5S2. The van der Waals surface area contributed by atoms with Crippen LogP contribution in [0.4, 0.5) is 5.13 Å². The lowest BCUT2D eigenvalue weighted by Crippen LogP contribution is -2.41. The molecule has 10 heteroatoms. The lowest BCUT2D eigenvalue weighted by Gasteiger charge is -2.32. The second-order valence-corrected chi connectivity index (χ2v) is 10.8. The summed E-state index contributed by atoms with van der Waals surface area (Å²) in [6, 6.07) is 11.4. The first-order valence-corrected chi connectivity index (χ1v) is 13.3. The van der Waals surface area contributed by atoms with E-state index >= 15 is 0 Å². The van der Waals surface area contributed by atoms with Crippen molar-refractivity contribution in [3.8, 4) is 22.8 Å². The quantitative estimate of drug-likeness (QED) is 0.506. The van der Waals surface area contributed by atoms with E-state index in [9.17, 15) is 13.2 Å². The van der Waals surface area contributed by atoms with E-state index in [1.165, 1.54) is 35.6 Å². The smallest absolute Gasteiger partial charge is 0.257 e. The minimum atomic E-state index is -3.58. The number of thiazole rings is 1. The summed E-state index contributed by atoms with van der Waals surface area (Å²) in [7, 11) is -0.424. The Morgan fingerprint density at radius 2 is 1.88 bits per heavy atom. The van der Waals surface area contributed by atoms with Gasteiger partial charge in [-0.05, 0) is 56.2 Å². The second kappa shape index (κ2) is 10.1. The first-order chi connectivity index (χ1) is 16.3. The van der Waals surface area contributed by atoms with Crippen LogP contribution in [0.3, 0.4) is 0 Å². The van der Waals surface area contributed by atoms with E-state index in [0.717, 1.165) is 24.8 Å². The van der Waals surface area contributed by atoms with Gasteiger partial charge in [0.15, 0.2) is 5.13 Å². The zero-order valence-electron chi connectivity index (χ0n) is 19.3. The minimum absolute atomic E-state index is 0.0230. The van der Waals surface area contributed by atoms with Gasteiger partial charge < -0.3 is 9.47 Å². The third kappa shape index (κ3) is 4.94. The predicted octanol–water partition coefficient (Wildman–Crippen LogP) is 4.64. The molecule has 180 valence electrons. The van der Waals surface area contributed by atoms with Crippen molar-refractivity contribution in [3.63, 3.8) is 0 Å². The lowest BCUT2D eigenvalue weighted by atomic mass is 10.1. The molecule has 1 fully saturated rings. The Labute approximate surface area is 203 Å². The minimum Gasteiger partial charge on any atom is -0.497 e. The Morgan fingerprint density at radius 3 is 2.56 bits per heavy atom. The highest BCUT2D eigenvalue weighted by atomic mass is 32.2. The van der Waals surface area contributed by atoms with Crippen molar-refractivity contribution in [1.29, 1.82) is 0 Å². The number of piperidine rings is 1. The summed E-state index contributed by atoms with van der Waals surface area (Å²) in [6.07, 6.45) is 2.76. The molecule has 1 N–H and O–H groups in total. The Bertz CT molecular complexity index is 1270. The molecule has 1 unspecified atom stereocenters. The summed E-state index contributed by atoms with van der Waals surface area (Å²) in [6.45, 7) is 2.46. The highest BCUT2D eigenvalue weighted by Crippen LogP contribution is 2.35. The normalized spacial score (nSPS) is 16.7. The summed E-state index contributed by atoms with van der Waals surface area (Å²) in [5.41, 5.74) is 1.79. The van der Waals surface area contributed by atoms with Crippen LogP contribution in [0.15, 0.2) is 52.7 Å². The molecule has 0 saturated carbocycles. The van der Waals surface area contributed by atoms with E-state index in [-0.39, 0.29) is 16.8 Å². The molecular weight excluding hydrogens is 474 g/mol. The first kappa shape index (κ1) is 24.2. The number of anilines is 1. The number of sulfonamides is 1. The molecule has 0 aliphatic carbocycles. The summed E-state index contributed by atoms with van der Waals surface area (Å²) in [5.74, 6) is 0.921. The molecule has 2 aromatic carbocycles. The van der Waals surface area contributed by atoms with Crippen molar-refractivity contribution in [2.75, 3.05) is 26.1 Å². The van der Waals surface area contributed by atoms with Gasteiger partial charge in [-0.15, -0.1) is 11.3 Å². The van der Waals surface area contributed by atoms with Crippen molar-refractivity contribution in [3.05, 3.63) is 53.4 Å². The Hall–Kier alpha value is -2.95. The van der Waals surface area contributed by atoms with Crippen molar-refractivity contribution in [2.24, 2.45) is 0 Å². The standard InChI is InChI=1S/C24H27N3O5S2/c1-16-6-4-5-13-27(16)34(29,30)19-10-7-17(8-11-19)23(28)26-24-25-21(15-33-24)20-12-9-18(31-2)14-22(20)32-3/h7-12,14-16H,4-6,13H2,1-3H3,(H,25,26,28). The van der Waals surface area contributed by atoms with E-state index < -0.39 is 10.0 Å². The molecule has 8 nitrogen and oxygen atoms in total. The summed E-state index contributed by atoms with van der Waals surface area (Å²) in [5, 5.41) is 5.04. The molecule has 0 bridgehead atoms. The van der Waals surface area contributed by atoms with Crippen molar-refractivity contribution in [1.82, 2.24) is 9.29 Å². The molecule has 1 amide bonds. The fraction of sp³-hybridized carbons (Fsp3) is 0.333. The maximum Gasteiger partial charge on any atom is 0.257 e. The van der Waals surface area contributed by atoms with Crippen LogP contribution in [0.25, 0.3) is 11.3 Å². The van der Waals surface area contributed by atoms with Crippen molar-refractivity contribution in [2.45, 2.75) is 37.1 Å². The van der Waals surface area contributed by atoms with Gasteiger partial charge in [0.2, 0.25) is 10.0 Å². The molecule has 0 spiro atoms. The number of carbonyl (C=O) groups is 1. The van der Waals surface area contributed by atoms with E-state index in [1.54, 1.807) is 24.6 Å². The fourth-order valence-corrected chi connectivity index (χ4v) is 6.38. The molecule has 3 aromatic rings. The van der Waals surface area contributed by atoms with Gasteiger partial charge in [0, 0.05) is 35.2 Å². The average Bonchev–Trinajstić information content (AvgIpc) is 3.32. The molecule has 1 aromatic heterocycles. The zero-order chi connectivity index (χ0) is 24.3. The second-order valence-electron chi connectivity index (χ2n) is 8.04. The van der Waals surface area contributed by atoms with Crippen LogP contribution in [-0.4, -0.2) is 50.4 Å². The highest BCUT2D eigenvalue weighted by molar-refractivity contribution is 7.89. The van der Waals surface area contributed by atoms with Gasteiger partial charge in [0.25, 0.3) is 5.91 Å². The molecule has 34 heavy (non-hydrogen) atoms. The average molecular weight is 502 g/mol. The molecule has 1 aliphatic heterocycles. The maximum absolute atomic E-state index is 13.0. The Morgan fingerprint density at radius 1 is 1.12 bits per heavy atom. The number of benzene rings is 2. The van der Waals surface area contributed by atoms with Gasteiger partial charge in [0.05, 0.1) is 24.8 Å². The summed E-state index contributed by atoms with van der Waals surface area (Å²) in [4.78, 5) is 17.4. The number of hydrogen-bond acceptors (Lipinski definition) is 7. The number of ether oxygens (including phenoxy) is 2. The van der Waals surface area contributed by atoms with E-state index in [2.05, 4.69) is 10.3 Å². The number of nitrogens with zero attached hydrogens (tertiary/aromatic N) is 2. The lowest BCUT2D eigenvalue weighted by molar-refractivity contribution is 0.102. The third-order valence-electron chi connectivity index (χ3n) is 5.87. The van der Waals surface area contributed by atoms with Crippen LogP contribution in [0.1, 0.15) is 36.5 Å². The number of hydrogen-bond donors (Lipinski definition) is 1. The van der Waals surface area contributed by atoms with Crippen LogP contribution in [0.2, 0.25) is 0 Å². The topological polar surface area (TPSA) is 97.8 Å². The van der Waals surface area contributed by atoms with Gasteiger partial charge in [0.1, 0.15) is 11.5 Å². The van der Waals surface area contributed by atoms with Crippen LogP contribution in [-0.2, 0) is 10.0 Å². The van der Waals surface area contributed by atoms with Gasteiger partial charge >= 0.3 is 0 Å². The molecule has 4 rings (SSSR count). The molecule has 2 heterocycles. The highest BCUT2D eigenvalue weighted by Gasteiger charge is 2.31. The van der Waals surface area contributed by atoms with Crippen LogP contribution < -0.4 is 14.8 Å². The van der Waals surface area contributed by atoms with E-state index in [4.69, 9.17) is 9.47 Å². The van der Waals surface area contributed by atoms with Gasteiger partial charge in [-0.3, -0.25) is 10.1 Å². The summed E-state index contributed by atoms with van der Waals surface area (Å²) < 4.78 is 38.2. The number of amides is 1. The largest absolute Gasteiger partial charge is 0.497 e.